The second kappa shape index (κ2) is 6.26. The molecule has 0 aliphatic carbocycles. The smallest absolute Gasteiger partial charge is 0.180 e. The van der Waals surface area contributed by atoms with Crippen molar-refractivity contribution in [3.05, 3.63) is 22.2 Å². The van der Waals surface area contributed by atoms with E-state index < -0.39 is 0 Å². The summed E-state index contributed by atoms with van der Waals surface area (Å²) in [7, 11) is 1.74. The molecule has 0 saturated carbocycles. The number of fused-ring (bicyclic) bond motifs is 1. The van der Waals surface area contributed by atoms with Gasteiger partial charge in [-0.15, -0.1) is 0 Å². The van der Waals surface area contributed by atoms with Gasteiger partial charge in [0.15, 0.2) is 17.3 Å². The van der Waals surface area contributed by atoms with E-state index in [2.05, 4.69) is 5.32 Å². The van der Waals surface area contributed by atoms with Crippen molar-refractivity contribution >= 4 is 17.4 Å². The molecule has 0 fully saturated rings. The monoisotopic (exact) mass is 283 g/mol. The summed E-state index contributed by atoms with van der Waals surface area (Å²) >= 11 is 6.22. The summed E-state index contributed by atoms with van der Waals surface area (Å²) in [5.41, 5.74) is 1.49. The van der Waals surface area contributed by atoms with E-state index in [1.165, 1.54) is 0 Å². The van der Waals surface area contributed by atoms with Crippen molar-refractivity contribution in [1.82, 2.24) is 5.32 Å². The molecule has 2 rings (SSSR count). The van der Waals surface area contributed by atoms with Gasteiger partial charge in [0, 0.05) is 17.5 Å². The molecular weight excluding hydrogens is 266 g/mol. The Labute approximate surface area is 118 Å². The summed E-state index contributed by atoms with van der Waals surface area (Å²) < 4.78 is 11.4. The predicted octanol–water partition coefficient (Wildman–Crippen LogP) is 2.47. The van der Waals surface area contributed by atoms with Crippen LogP contribution in [0.15, 0.2) is 6.07 Å². The average molecular weight is 284 g/mol. The zero-order valence-corrected chi connectivity index (χ0v) is 12.0. The Hall–Kier alpha value is -1.26. The van der Waals surface area contributed by atoms with Gasteiger partial charge in [0.1, 0.15) is 0 Å². The molecule has 4 nitrogen and oxygen atoms in total. The number of nitrogens with one attached hydrogen (secondary N) is 1. The van der Waals surface area contributed by atoms with Crippen molar-refractivity contribution in [3.63, 3.8) is 0 Å². The normalized spacial score (nSPS) is 14.1. The maximum absolute atomic E-state index is 12.1. The lowest BCUT2D eigenvalue weighted by Gasteiger charge is -2.16. The number of benzene rings is 1. The number of carbonyl (C=O) groups excluding carboxylic acids is 1. The molecule has 0 spiro atoms. The third-order valence-electron chi connectivity index (χ3n) is 3.07. The lowest BCUT2D eigenvalue weighted by atomic mass is 9.99. The predicted molar refractivity (Wildman–Crippen MR) is 74.7 cm³/mol. The number of rotatable bonds is 4. The first-order chi connectivity index (χ1) is 9.19. The van der Waals surface area contributed by atoms with Crippen LogP contribution in [-0.4, -0.2) is 32.6 Å². The van der Waals surface area contributed by atoms with Crippen LogP contribution in [-0.2, 0) is 6.42 Å². The Balaban J connectivity index is 2.53. The Morgan fingerprint density at radius 3 is 2.68 bits per heavy atom. The molecule has 0 saturated heterocycles. The Morgan fingerprint density at radius 2 is 2.05 bits per heavy atom. The molecule has 104 valence electrons. The standard InChI is InChI=1S/C14H18ClNO3/c1-3-9-10(12(17)8-16-2)7-11(15)14-13(9)18-5-4-6-19-14/h7,16H,3-6,8H2,1-2H3. The fourth-order valence-corrected chi connectivity index (χ4v) is 2.45. The summed E-state index contributed by atoms with van der Waals surface area (Å²) in [6.45, 7) is 3.44. The molecule has 1 N–H and O–H groups in total. The Bertz CT molecular complexity index is 488. The molecular formula is C14H18ClNO3. The lowest BCUT2D eigenvalue weighted by Crippen LogP contribution is -2.20. The summed E-state index contributed by atoms with van der Waals surface area (Å²) in [6, 6.07) is 1.69. The zero-order valence-electron chi connectivity index (χ0n) is 11.2. The van der Waals surface area contributed by atoms with E-state index in [1.807, 2.05) is 6.92 Å². The molecule has 0 aromatic heterocycles. The molecule has 19 heavy (non-hydrogen) atoms. The van der Waals surface area contributed by atoms with E-state index >= 15 is 0 Å². The molecule has 1 heterocycles. The maximum atomic E-state index is 12.1. The minimum Gasteiger partial charge on any atom is -0.489 e. The van der Waals surface area contributed by atoms with Gasteiger partial charge in [0.05, 0.1) is 24.8 Å². The van der Waals surface area contributed by atoms with E-state index in [9.17, 15) is 4.79 Å². The summed E-state index contributed by atoms with van der Waals surface area (Å²) in [6.07, 6.45) is 1.52. The average Bonchev–Trinajstić information content (AvgIpc) is 2.65. The number of ketones is 1. The van der Waals surface area contributed by atoms with Gasteiger partial charge >= 0.3 is 0 Å². The lowest BCUT2D eigenvalue weighted by molar-refractivity contribution is 0.0992. The number of ether oxygens (including phenoxy) is 2. The van der Waals surface area contributed by atoms with Gasteiger partial charge in [-0.25, -0.2) is 0 Å². The van der Waals surface area contributed by atoms with Gasteiger partial charge < -0.3 is 14.8 Å². The van der Waals surface area contributed by atoms with Crippen molar-refractivity contribution < 1.29 is 14.3 Å². The van der Waals surface area contributed by atoms with Crippen LogP contribution in [0.3, 0.4) is 0 Å². The summed E-state index contributed by atoms with van der Waals surface area (Å²) in [5.74, 6) is 1.21. The fourth-order valence-electron chi connectivity index (χ4n) is 2.20. The molecule has 1 aromatic rings. The fraction of sp³-hybridized carbons (Fsp3) is 0.500. The highest BCUT2D eigenvalue weighted by molar-refractivity contribution is 6.32. The number of carbonyl (C=O) groups is 1. The molecule has 1 aliphatic heterocycles. The topological polar surface area (TPSA) is 47.6 Å². The maximum Gasteiger partial charge on any atom is 0.180 e. The SMILES string of the molecule is CCc1c(C(=O)CNC)cc(Cl)c2c1OCCCO2. The molecule has 0 amide bonds. The second-order valence-electron chi connectivity index (χ2n) is 4.40. The van der Waals surface area contributed by atoms with Crippen LogP contribution in [0.1, 0.15) is 29.3 Å². The highest BCUT2D eigenvalue weighted by atomic mass is 35.5. The molecule has 0 unspecified atom stereocenters. The van der Waals surface area contributed by atoms with Crippen molar-refractivity contribution in [1.29, 1.82) is 0 Å². The van der Waals surface area contributed by atoms with Crippen molar-refractivity contribution in [2.75, 3.05) is 26.8 Å². The van der Waals surface area contributed by atoms with Crippen LogP contribution in [0, 0.1) is 0 Å². The van der Waals surface area contributed by atoms with Crippen LogP contribution in [0.2, 0.25) is 5.02 Å². The molecule has 5 heteroatoms. The zero-order chi connectivity index (χ0) is 13.8. The molecule has 0 bridgehead atoms. The molecule has 0 radical (unpaired) electrons. The number of hydrogen-bond acceptors (Lipinski definition) is 4. The van der Waals surface area contributed by atoms with E-state index in [1.54, 1.807) is 13.1 Å². The van der Waals surface area contributed by atoms with Crippen molar-refractivity contribution in [2.24, 2.45) is 0 Å². The highest BCUT2D eigenvalue weighted by Gasteiger charge is 2.23. The van der Waals surface area contributed by atoms with E-state index in [0.717, 1.165) is 12.0 Å². The van der Waals surface area contributed by atoms with Gasteiger partial charge in [0.25, 0.3) is 0 Å². The largest absolute Gasteiger partial charge is 0.489 e. The van der Waals surface area contributed by atoms with Gasteiger partial charge in [0.2, 0.25) is 0 Å². The van der Waals surface area contributed by atoms with Crippen LogP contribution in [0.5, 0.6) is 11.5 Å². The molecule has 0 atom stereocenters. The molecule has 1 aromatic carbocycles. The second-order valence-corrected chi connectivity index (χ2v) is 4.81. The third-order valence-corrected chi connectivity index (χ3v) is 3.35. The minimum absolute atomic E-state index is 0.0110. The quantitative estimate of drug-likeness (QED) is 0.863. The van der Waals surface area contributed by atoms with Gasteiger partial charge in [-0.3, -0.25) is 4.79 Å². The number of halogens is 1. The first-order valence-corrected chi connectivity index (χ1v) is 6.85. The van der Waals surface area contributed by atoms with E-state index in [0.29, 0.717) is 41.7 Å². The van der Waals surface area contributed by atoms with Gasteiger partial charge in [-0.2, -0.15) is 0 Å². The van der Waals surface area contributed by atoms with Crippen LogP contribution in [0.4, 0.5) is 0 Å². The highest BCUT2D eigenvalue weighted by Crippen LogP contribution is 2.42. The Morgan fingerprint density at radius 1 is 1.37 bits per heavy atom. The molecule has 1 aliphatic rings. The summed E-state index contributed by atoms with van der Waals surface area (Å²) in [4.78, 5) is 12.1. The third kappa shape index (κ3) is 2.85. The van der Waals surface area contributed by atoms with Crippen LogP contribution in [0.25, 0.3) is 0 Å². The van der Waals surface area contributed by atoms with Crippen LogP contribution >= 0.6 is 11.6 Å². The Kier molecular flexibility index (Phi) is 4.66. The minimum atomic E-state index is 0.0110. The first kappa shape index (κ1) is 14.2. The van der Waals surface area contributed by atoms with E-state index in [-0.39, 0.29) is 12.3 Å². The van der Waals surface area contributed by atoms with Gasteiger partial charge in [-0.05, 0) is 19.5 Å². The number of hydrogen-bond donors (Lipinski definition) is 1. The van der Waals surface area contributed by atoms with Crippen molar-refractivity contribution in [2.45, 2.75) is 19.8 Å². The first-order valence-electron chi connectivity index (χ1n) is 6.47. The van der Waals surface area contributed by atoms with Gasteiger partial charge in [-0.1, -0.05) is 18.5 Å². The summed E-state index contributed by atoms with van der Waals surface area (Å²) in [5, 5.41) is 3.30. The van der Waals surface area contributed by atoms with Crippen LogP contribution < -0.4 is 14.8 Å². The number of Topliss-reactive ketones (excluding diaryl/α,β-unsaturated/α-hetero) is 1. The van der Waals surface area contributed by atoms with Crippen molar-refractivity contribution in [3.8, 4) is 11.5 Å². The van der Waals surface area contributed by atoms with E-state index in [4.69, 9.17) is 21.1 Å². The number of likely N-dealkylation sites (N-methyl/N-ethyl adjacent to an activating group) is 1.